The number of hydrogen-bond donors (Lipinski definition) is 1. The van der Waals surface area contributed by atoms with Crippen molar-refractivity contribution in [1.82, 2.24) is 9.29 Å². The topological polar surface area (TPSA) is 53.2 Å². The molecule has 0 amide bonds. The van der Waals surface area contributed by atoms with Gasteiger partial charge < -0.3 is 4.98 Å². The summed E-state index contributed by atoms with van der Waals surface area (Å²) < 4.78 is 28.3. The van der Waals surface area contributed by atoms with Crippen LogP contribution in [0.2, 0.25) is 0 Å². The molecule has 1 aliphatic rings. The zero-order valence-electron chi connectivity index (χ0n) is 17.0. The summed E-state index contributed by atoms with van der Waals surface area (Å²) in [7, 11) is -3.46. The first kappa shape index (κ1) is 19.2. The Balaban J connectivity index is 1.58. The highest BCUT2D eigenvalue weighted by Crippen LogP contribution is 2.36. The summed E-state index contributed by atoms with van der Waals surface area (Å²) in [6.45, 7) is 9.04. The fourth-order valence-electron chi connectivity index (χ4n) is 4.70. The average molecular weight is 397 g/mol. The summed E-state index contributed by atoms with van der Waals surface area (Å²) in [5, 5.41) is 1.27. The van der Waals surface area contributed by atoms with E-state index in [1.54, 1.807) is 4.31 Å². The molecule has 0 unspecified atom stereocenters. The van der Waals surface area contributed by atoms with Crippen LogP contribution in [0, 0.1) is 27.7 Å². The molecule has 1 saturated heterocycles. The molecule has 2 heterocycles. The summed E-state index contributed by atoms with van der Waals surface area (Å²) in [6.07, 6.45) is 3.81. The minimum atomic E-state index is -3.46. The second kappa shape index (κ2) is 7.05. The van der Waals surface area contributed by atoms with Crippen molar-refractivity contribution in [3.05, 3.63) is 64.3 Å². The third-order valence-corrected chi connectivity index (χ3v) is 8.17. The van der Waals surface area contributed by atoms with Gasteiger partial charge in [0.15, 0.2) is 0 Å². The molecule has 148 valence electrons. The van der Waals surface area contributed by atoms with Gasteiger partial charge in [0, 0.05) is 30.2 Å². The molecule has 0 spiro atoms. The summed E-state index contributed by atoms with van der Waals surface area (Å²) in [4.78, 5) is 3.85. The number of piperidine rings is 1. The Morgan fingerprint density at radius 1 is 0.929 bits per heavy atom. The van der Waals surface area contributed by atoms with Gasteiger partial charge in [0.1, 0.15) is 0 Å². The Morgan fingerprint density at radius 3 is 2.21 bits per heavy atom. The third kappa shape index (κ3) is 3.27. The molecule has 1 fully saturated rings. The summed E-state index contributed by atoms with van der Waals surface area (Å²) in [5.74, 6) is 0.391. The van der Waals surface area contributed by atoms with Gasteiger partial charge in [0.2, 0.25) is 10.0 Å². The first-order valence-electron chi connectivity index (χ1n) is 9.93. The summed E-state index contributed by atoms with van der Waals surface area (Å²) in [5.41, 5.74) is 6.50. The fraction of sp³-hybridized carbons (Fsp3) is 0.391. The number of fused-ring (bicyclic) bond motifs is 1. The molecule has 1 aromatic heterocycles. The largest absolute Gasteiger partial charge is 0.361 e. The van der Waals surface area contributed by atoms with Crippen LogP contribution in [-0.4, -0.2) is 30.8 Å². The zero-order valence-corrected chi connectivity index (χ0v) is 17.9. The van der Waals surface area contributed by atoms with Crippen LogP contribution in [0.25, 0.3) is 10.9 Å². The molecule has 1 N–H and O–H groups in total. The zero-order chi connectivity index (χ0) is 20.1. The molecule has 0 radical (unpaired) electrons. The van der Waals surface area contributed by atoms with E-state index in [4.69, 9.17) is 0 Å². The number of aryl methyl sites for hydroxylation is 4. The Labute approximate surface area is 167 Å². The third-order valence-electron chi connectivity index (χ3n) is 5.97. The predicted molar refractivity (Wildman–Crippen MR) is 114 cm³/mol. The van der Waals surface area contributed by atoms with E-state index >= 15 is 0 Å². The Hall–Kier alpha value is -2.11. The van der Waals surface area contributed by atoms with Crippen LogP contribution in [0.15, 0.2) is 41.4 Å². The van der Waals surface area contributed by atoms with E-state index in [1.165, 1.54) is 16.5 Å². The molecule has 0 saturated carbocycles. The van der Waals surface area contributed by atoms with Gasteiger partial charge in [-0.1, -0.05) is 29.3 Å². The molecule has 3 aromatic rings. The first-order chi connectivity index (χ1) is 13.3. The monoisotopic (exact) mass is 396 g/mol. The second-order valence-corrected chi connectivity index (χ2v) is 10.1. The Morgan fingerprint density at radius 2 is 1.57 bits per heavy atom. The number of benzene rings is 2. The van der Waals surface area contributed by atoms with Gasteiger partial charge in [-0.15, -0.1) is 0 Å². The molecule has 0 aliphatic carbocycles. The van der Waals surface area contributed by atoms with Crippen molar-refractivity contribution >= 4 is 20.9 Å². The molecule has 4 rings (SSSR count). The van der Waals surface area contributed by atoms with Gasteiger partial charge in [0.05, 0.1) is 4.90 Å². The smallest absolute Gasteiger partial charge is 0.243 e. The maximum atomic E-state index is 13.3. The van der Waals surface area contributed by atoms with Crippen LogP contribution in [0.1, 0.15) is 46.6 Å². The van der Waals surface area contributed by atoms with Crippen LogP contribution in [-0.2, 0) is 10.0 Å². The highest BCUT2D eigenvalue weighted by atomic mass is 32.2. The van der Waals surface area contributed by atoms with Crippen molar-refractivity contribution in [3.63, 3.8) is 0 Å². The number of rotatable bonds is 3. The van der Waals surface area contributed by atoms with Crippen LogP contribution in [0.5, 0.6) is 0 Å². The molecule has 0 bridgehead atoms. The lowest BCUT2D eigenvalue weighted by Gasteiger charge is -2.32. The van der Waals surface area contributed by atoms with E-state index in [2.05, 4.69) is 36.3 Å². The quantitative estimate of drug-likeness (QED) is 0.679. The van der Waals surface area contributed by atoms with Crippen LogP contribution in [0.3, 0.4) is 0 Å². The number of aromatic amines is 1. The number of aromatic nitrogens is 1. The van der Waals surface area contributed by atoms with Gasteiger partial charge in [-0.3, -0.25) is 0 Å². The van der Waals surface area contributed by atoms with Crippen LogP contribution < -0.4 is 0 Å². The van der Waals surface area contributed by atoms with Gasteiger partial charge in [0.25, 0.3) is 0 Å². The lowest BCUT2D eigenvalue weighted by molar-refractivity contribution is 0.320. The number of hydrogen-bond acceptors (Lipinski definition) is 2. The van der Waals surface area contributed by atoms with E-state index in [0.717, 1.165) is 35.0 Å². The normalized spacial score (nSPS) is 16.7. The highest BCUT2D eigenvalue weighted by molar-refractivity contribution is 7.89. The Bertz CT molecular complexity index is 1110. The average Bonchev–Trinajstić information content (AvgIpc) is 3.03. The van der Waals surface area contributed by atoms with E-state index in [-0.39, 0.29) is 0 Å². The fourth-order valence-corrected chi connectivity index (χ4v) is 6.59. The van der Waals surface area contributed by atoms with E-state index in [9.17, 15) is 8.42 Å². The summed E-state index contributed by atoms with van der Waals surface area (Å²) in [6, 6.07) is 10.4. The molecule has 28 heavy (non-hydrogen) atoms. The first-order valence-corrected chi connectivity index (χ1v) is 11.4. The maximum Gasteiger partial charge on any atom is 0.243 e. The van der Waals surface area contributed by atoms with Crippen molar-refractivity contribution in [2.24, 2.45) is 0 Å². The number of nitrogens with one attached hydrogen (secondary N) is 1. The van der Waals surface area contributed by atoms with Crippen LogP contribution >= 0.6 is 0 Å². The van der Waals surface area contributed by atoms with E-state index < -0.39 is 10.0 Å². The van der Waals surface area contributed by atoms with Crippen molar-refractivity contribution in [2.75, 3.05) is 13.1 Å². The van der Waals surface area contributed by atoms with Crippen molar-refractivity contribution < 1.29 is 8.42 Å². The molecule has 4 nitrogen and oxygen atoms in total. The minimum absolute atomic E-state index is 0.391. The highest BCUT2D eigenvalue weighted by Gasteiger charge is 2.32. The number of H-pyrrole nitrogens is 1. The lowest BCUT2D eigenvalue weighted by atomic mass is 9.90. The van der Waals surface area contributed by atoms with Crippen molar-refractivity contribution in [1.29, 1.82) is 0 Å². The lowest BCUT2D eigenvalue weighted by Crippen LogP contribution is -2.38. The van der Waals surface area contributed by atoms with Crippen LogP contribution in [0.4, 0.5) is 0 Å². The molecule has 5 heteroatoms. The molecule has 1 aliphatic heterocycles. The van der Waals surface area contributed by atoms with Crippen molar-refractivity contribution in [3.8, 4) is 0 Å². The van der Waals surface area contributed by atoms with Gasteiger partial charge in [-0.2, -0.15) is 4.31 Å². The van der Waals surface area contributed by atoms with Crippen molar-refractivity contribution in [2.45, 2.75) is 51.3 Å². The number of nitrogens with zero attached hydrogens (tertiary/aromatic N) is 1. The number of sulfonamides is 1. The minimum Gasteiger partial charge on any atom is -0.361 e. The van der Waals surface area contributed by atoms with E-state index in [1.807, 2.05) is 32.9 Å². The molecule has 0 atom stereocenters. The molecule has 2 aromatic carbocycles. The van der Waals surface area contributed by atoms with Gasteiger partial charge in [-0.25, -0.2) is 8.42 Å². The van der Waals surface area contributed by atoms with Gasteiger partial charge in [-0.05, 0) is 75.3 Å². The van der Waals surface area contributed by atoms with Gasteiger partial charge >= 0.3 is 0 Å². The second-order valence-electron chi connectivity index (χ2n) is 8.20. The molecular weight excluding hydrogens is 368 g/mol. The Kier molecular flexibility index (Phi) is 4.84. The van der Waals surface area contributed by atoms with E-state index in [0.29, 0.717) is 23.9 Å². The SMILES string of the molecule is Cc1cc(C)c(S(=O)(=O)N2CCC(c3c[nH]c4ccc(C)cc34)CC2)c(C)c1. The standard InChI is InChI=1S/C23H28N2O2S/c1-15-5-6-22-20(13-15)21(14-24-22)19-7-9-25(10-8-19)28(26,27)23-17(3)11-16(2)12-18(23)4/h5-6,11-14,19,24H,7-10H2,1-4H3. The molecular formula is C23H28N2O2S. The predicted octanol–water partition coefficient (Wildman–Crippen LogP) is 4.97. The summed E-state index contributed by atoms with van der Waals surface area (Å²) >= 11 is 0. The maximum absolute atomic E-state index is 13.3.